The molecule has 0 aliphatic rings. The van der Waals surface area contributed by atoms with Crippen LogP contribution in [0.1, 0.15) is 13.8 Å². The van der Waals surface area contributed by atoms with E-state index in [1.165, 1.54) is 0 Å². The maximum Gasteiger partial charge on any atom is 0.119 e. The molecule has 3 nitrogen and oxygen atoms in total. The monoisotopic (exact) mass is 278 g/mol. The highest BCUT2D eigenvalue weighted by atomic mass is 16.5. The minimum atomic E-state index is 0.188. The Morgan fingerprint density at radius 2 is 1.71 bits per heavy atom. The van der Waals surface area contributed by atoms with Crippen LogP contribution in [0.3, 0.4) is 0 Å². The molecule has 0 atom stereocenters. The minimum Gasteiger partial charge on any atom is -0.491 e. The number of hydrogen-bond acceptors (Lipinski definition) is 3. The summed E-state index contributed by atoms with van der Waals surface area (Å²) in [5.41, 5.74) is 3.00. The molecule has 0 saturated heterocycles. The number of anilines is 2. The van der Waals surface area contributed by atoms with E-state index < -0.39 is 0 Å². The second-order valence-electron chi connectivity index (χ2n) is 5.23. The highest BCUT2D eigenvalue weighted by Crippen LogP contribution is 2.22. The summed E-state index contributed by atoms with van der Waals surface area (Å²) in [4.78, 5) is 4.45. The standard InChI is InChI=1S/C18H18N2O/c1-13(2)21-17-9-7-15(8-10-17)20-16-11-14-5-3-4-6-18(14)19-12-16/h3-13,20H,1-2H3. The van der Waals surface area contributed by atoms with Gasteiger partial charge in [0.25, 0.3) is 0 Å². The Morgan fingerprint density at radius 1 is 0.952 bits per heavy atom. The third-order valence-corrected chi connectivity index (χ3v) is 3.11. The van der Waals surface area contributed by atoms with Crippen molar-refractivity contribution in [3.8, 4) is 5.75 Å². The van der Waals surface area contributed by atoms with Crippen molar-refractivity contribution in [3.05, 3.63) is 60.8 Å². The van der Waals surface area contributed by atoms with Gasteiger partial charge in [-0.3, -0.25) is 4.98 Å². The Bertz CT molecular complexity index is 736. The SMILES string of the molecule is CC(C)Oc1ccc(Nc2cnc3ccccc3c2)cc1. The normalized spacial score (nSPS) is 10.8. The highest BCUT2D eigenvalue weighted by molar-refractivity contribution is 5.82. The second-order valence-corrected chi connectivity index (χ2v) is 5.23. The summed E-state index contributed by atoms with van der Waals surface area (Å²) in [7, 11) is 0. The lowest BCUT2D eigenvalue weighted by molar-refractivity contribution is 0.242. The van der Waals surface area contributed by atoms with Crippen molar-refractivity contribution < 1.29 is 4.74 Å². The Kier molecular flexibility index (Phi) is 3.73. The summed E-state index contributed by atoms with van der Waals surface area (Å²) in [6.07, 6.45) is 2.04. The number of ether oxygens (including phenoxy) is 1. The Balaban J connectivity index is 1.78. The molecule has 2 aromatic carbocycles. The number of fused-ring (bicyclic) bond motifs is 1. The van der Waals surface area contributed by atoms with E-state index in [0.29, 0.717) is 0 Å². The van der Waals surface area contributed by atoms with Crippen LogP contribution in [0.15, 0.2) is 60.8 Å². The number of nitrogens with one attached hydrogen (secondary N) is 1. The van der Waals surface area contributed by atoms with Crippen molar-refractivity contribution in [2.45, 2.75) is 20.0 Å². The maximum absolute atomic E-state index is 5.64. The summed E-state index contributed by atoms with van der Waals surface area (Å²) in [5.74, 6) is 0.882. The summed E-state index contributed by atoms with van der Waals surface area (Å²) < 4.78 is 5.64. The second kappa shape index (κ2) is 5.83. The van der Waals surface area contributed by atoms with Crippen LogP contribution in [-0.2, 0) is 0 Å². The lowest BCUT2D eigenvalue weighted by Crippen LogP contribution is -2.05. The largest absolute Gasteiger partial charge is 0.491 e. The van der Waals surface area contributed by atoms with E-state index in [2.05, 4.69) is 22.4 Å². The van der Waals surface area contributed by atoms with Gasteiger partial charge in [-0.15, -0.1) is 0 Å². The first-order chi connectivity index (χ1) is 10.2. The van der Waals surface area contributed by atoms with Crippen LogP contribution in [0.5, 0.6) is 5.75 Å². The molecule has 0 amide bonds. The van der Waals surface area contributed by atoms with Crippen LogP contribution >= 0.6 is 0 Å². The smallest absolute Gasteiger partial charge is 0.119 e. The zero-order chi connectivity index (χ0) is 14.7. The van der Waals surface area contributed by atoms with Crippen molar-refractivity contribution in [2.75, 3.05) is 5.32 Å². The number of nitrogens with zero attached hydrogens (tertiary/aromatic N) is 1. The van der Waals surface area contributed by atoms with E-state index in [9.17, 15) is 0 Å². The van der Waals surface area contributed by atoms with Gasteiger partial charge in [0, 0.05) is 11.1 Å². The highest BCUT2D eigenvalue weighted by Gasteiger charge is 2.00. The van der Waals surface area contributed by atoms with Crippen molar-refractivity contribution in [3.63, 3.8) is 0 Å². The van der Waals surface area contributed by atoms with E-state index in [1.54, 1.807) is 0 Å². The average Bonchev–Trinajstić information content (AvgIpc) is 2.49. The number of rotatable bonds is 4. The molecule has 106 valence electrons. The molecule has 0 unspecified atom stereocenters. The fourth-order valence-corrected chi connectivity index (χ4v) is 2.20. The predicted octanol–water partition coefficient (Wildman–Crippen LogP) is 4.77. The van der Waals surface area contributed by atoms with Crippen LogP contribution in [0.4, 0.5) is 11.4 Å². The molecule has 0 bridgehead atoms. The van der Waals surface area contributed by atoms with E-state index in [4.69, 9.17) is 4.74 Å². The number of pyridine rings is 1. The first-order valence-corrected chi connectivity index (χ1v) is 7.09. The molecule has 3 rings (SSSR count). The molecule has 3 aromatic rings. The zero-order valence-corrected chi connectivity index (χ0v) is 12.2. The number of para-hydroxylation sites is 1. The predicted molar refractivity (Wildman–Crippen MR) is 87.2 cm³/mol. The summed E-state index contributed by atoms with van der Waals surface area (Å²) in [6, 6.07) is 18.1. The quantitative estimate of drug-likeness (QED) is 0.746. The first-order valence-electron chi connectivity index (χ1n) is 7.09. The molecule has 1 heterocycles. The summed E-state index contributed by atoms with van der Waals surface area (Å²) >= 11 is 0. The lowest BCUT2D eigenvalue weighted by Gasteiger charge is -2.11. The van der Waals surface area contributed by atoms with Crippen LogP contribution in [0.2, 0.25) is 0 Å². The summed E-state index contributed by atoms with van der Waals surface area (Å²) in [5, 5.41) is 4.49. The van der Waals surface area contributed by atoms with E-state index in [1.807, 2.05) is 62.5 Å². The summed E-state index contributed by atoms with van der Waals surface area (Å²) in [6.45, 7) is 4.04. The molecule has 0 aliphatic heterocycles. The van der Waals surface area contributed by atoms with Crippen molar-refractivity contribution in [1.29, 1.82) is 0 Å². The van der Waals surface area contributed by atoms with Gasteiger partial charge < -0.3 is 10.1 Å². The van der Waals surface area contributed by atoms with E-state index >= 15 is 0 Å². The first kappa shape index (κ1) is 13.4. The van der Waals surface area contributed by atoms with Crippen molar-refractivity contribution in [2.24, 2.45) is 0 Å². The van der Waals surface area contributed by atoms with Gasteiger partial charge in [-0.1, -0.05) is 18.2 Å². The fraction of sp³-hybridized carbons (Fsp3) is 0.167. The van der Waals surface area contributed by atoms with Gasteiger partial charge in [-0.05, 0) is 50.2 Å². The van der Waals surface area contributed by atoms with Gasteiger partial charge in [0.2, 0.25) is 0 Å². The molecule has 0 aliphatic carbocycles. The van der Waals surface area contributed by atoms with E-state index in [0.717, 1.165) is 28.0 Å². The molecule has 0 saturated carbocycles. The minimum absolute atomic E-state index is 0.188. The zero-order valence-electron chi connectivity index (χ0n) is 12.2. The van der Waals surface area contributed by atoms with Crippen molar-refractivity contribution in [1.82, 2.24) is 4.98 Å². The lowest BCUT2D eigenvalue weighted by atomic mass is 10.2. The Hall–Kier alpha value is -2.55. The number of aromatic nitrogens is 1. The third-order valence-electron chi connectivity index (χ3n) is 3.11. The molecule has 1 aromatic heterocycles. The third kappa shape index (κ3) is 3.31. The Morgan fingerprint density at radius 3 is 2.48 bits per heavy atom. The molecule has 3 heteroatoms. The number of benzene rings is 2. The molecule has 1 N–H and O–H groups in total. The van der Waals surface area contributed by atoms with Crippen LogP contribution < -0.4 is 10.1 Å². The van der Waals surface area contributed by atoms with Gasteiger partial charge in [-0.2, -0.15) is 0 Å². The molecule has 0 spiro atoms. The van der Waals surface area contributed by atoms with Gasteiger partial charge in [0.15, 0.2) is 0 Å². The van der Waals surface area contributed by atoms with Gasteiger partial charge in [-0.25, -0.2) is 0 Å². The maximum atomic E-state index is 5.64. The van der Waals surface area contributed by atoms with Gasteiger partial charge >= 0.3 is 0 Å². The molecular formula is C18H18N2O. The van der Waals surface area contributed by atoms with E-state index in [-0.39, 0.29) is 6.10 Å². The topological polar surface area (TPSA) is 34.1 Å². The number of hydrogen-bond donors (Lipinski definition) is 1. The molecule has 0 radical (unpaired) electrons. The van der Waals surface area contributed by atoms with Crippen LogP contribution in [0, 0.1) is 0 Å². The molecule has 21 heavy (non-hydrogen) atoms. The van der Waals surface area contributed by atoms with Crippen molar-refractivity contribution >= 4 is 22.3 Å². The van der Waals surface area contributed by atoms with Crippen LogP contribution in [0.25, 0.3) is 10.9 Å². The average molecular weight is 278 g/mol. The fourth-order valence-electron chi connectivity index (χ4n) is 2.20. The van der Waals surface area contributed by atoms with Crippen LogP contribution in [-0.4, -0.2) is 11.1 Å². The van der Waals surface area contributed by atoms with Gasteiger partial charge in [0.05, 0.1) is 23.5 Å². The Labute approximate surface area is 124 Å². The van der Waals surface area contributed by atoms with Gasteiger partial charge in [0.1, 0.15) is 5.75 Å². The molecular weight excluding hydrogens is 260 g/mol. The molecule has 0 fully saturated rings.